The molecule has 2 aromatic rings. The summed E-state index contributed by atoms with van der Waals surface area (Å²) in [6.45, 7) is 2.67. The monoisotopic (exact) mass is 426 g/mol. The molecule has 1 unspecified atom stereocenters. The number of rotatable bonds is 7. The SMILES string of the molecule is COc1ccc(CCN(C)C2CCc3c(c(C(=O)N4CCCC4)nn3C)C2)cc1OC. The van der Waals surface area contributed by atoms with Crippen molar-refractivity contribution in [1.29, 1.82) is 0 Å². The molecular weight excluding hydrogens is 392 g/mol. The summed E-state index contributed by atoms with van der Waals surface area (Å²) in [5.74, 6) is 1.64. The number of amides is 1. The lowest BCUT2D eigenvalue weighted by Crippen LogP contribution is -2.38. The van der Waals surface area contributed by atoms with Gasteiger partial charge in [-0.1, -0.05) is 6.07 Å². The van der Waals surface area contributed by atoms with Crippen molar-refractivity contribution in [2.24, 2.45) is 7.05 Å². The Morgan fingerprint density at radius 2 is 1.94 bits per heavy atom. The zero-order valence-corrected chi connectivity index (χ0v) is 19.2. The number of likely N-dealkylation sites (tertiary alicyclic amines) is 1. The summed E-state index contributed by atoms with van der Waals surface area (Å²) in [5.41, 5.74) is 4.30. The van der Waals surface area contributed by atoms with Crippen molar-refractivity contribution in [2.45, 2.75) is 44.6 Å². The van der Waals surface area contributed by atoms with E-state index in [1.165, 1.54) is 11.3 Å². The second kappa shape index (κ2) is 9.30. The topological polar surface area (TPSA) is 59.8 Å². The summed E-state index contributed by atoms with van der Waals surface area (Å²) in [6, 6.07) is 6.54. The molecule has 0 bridgehead atoms. The normalized spacial score (nSPS) is 18.4. The van der Waals surface area contributed by atoms with Gasteiger partial charge in [-0.25, -0.2) is 0 Å². The summed E-state index contributed by atoms with van der Waals surface area (Å²) < 4.78 is 12.7. The van der Waals surface area contributed by atoms with Crippen LogP contribution in [-0.2, 0) is 26.3 Å². The Morgan fingerprint density at radius 1 is 1.19 bits per heavy atom. The molecule has 1 aromatic carbocycles. The Kier molecular flexibility index (Phi) is 6.51. The molecule has 1 aromatic heterocycles. The minimum absolute atomic E-state index is 0.114. The Labute approximate surface area is 184 Å². The molecule has 1 fully saturated rings. The van der Waals surface area contributed by atoms with E-state index in [0.29, 0.717) is 11.7 Å². The molecule has 1 atom stereocenters. The van der Waals surface area contributed by atoms with E-state index in [0.717, 1.165) is 75.2 Å². The molecule has 0 radical (unpaired) electrons. The molecule has 0 spiro atoms. The van der Waals surface area contributed by atoms with Gasteiger partial charge in [-0.05, 0) is 63.3 Å². The van der Waals surface area contributed by atoms with Crippen LogP contribution in [0.4, 0.5) is 0 Å². The predicted octanol–water partition coefficient (Wildman–Crippen LogP) is 2.71. The van der Waals surface area contributed by atoms with Crippen LogP contribution in [-0.4, -0.2) is 72.4 Å². The summed E-state index contributed by atoms with van der Waals surface area (Å²) >= 11 is 0. The molecule has 1 aliphatic carbocycles. The molecule has 2 aliphatic rings. The van der Waals surface area contributed by atoms with Crippen LogP contribution in [0.25, 0.3) is 0 Å². The Hall–Kier alpha value is -2.54. The highest BCUT2D eigenvalue weighted by Crippen LogP contribution is 2.30. The van der Waals surface area contributed by atoms with Crippen molar-refractivity contribution >= 4 is 5.91 Å². The number of methoxy groups -OCH3 is 2. The Balaban J connectivity index is 1.43. The van der Waals surface area contributed by atoms with Gasteiger partial charge in [0.1, 0.15) is 0 Å². The van der Waals surface area contributed by atoms with E-state index in [4.69, 9.17) is 9.47 Å². The minimum atomic E-state index is 0.114. The van der Waals surface area contributed by atoms with Crippen LogP contribution in [0.1, 0.15) is 46.6 Å². The zero-order chi connectivity index (χ0) is 22.0. The number of aromatic nitrogens is 2. The number of ether oxygens (including phenoxy) is 2. The van der Waals surface area contributed by atoms with E-state index in [1.807, 2.05) is 22.7 Å². The van der Waals surface area contributed by atoms with Crippen molar-refractivity contribution in [3.05, 3.63) is 40.7 Å². The van der Waals surface area contributed by atoms with Gasteiger partial charge in [-0.3, -0.25) is 9.48 Å². The Bertz CT molecular complexity index is 933. The number of nitrogens with zero attached hydrogens (tertiary/aromatic N) is 4. The number of benzene rings is 1. The van der Waals surface area contributed by atoms with Crippen molar-refractivity contribution in [1.82, 2.24) is 19.6 Å². The van der Waals surface area contributed by atoms with Crippen LogP contribution in [0.15, 0.2) is 18.2 Å². The Morgan fingerprint density at radius 3 is 2.65 bits per heavy atom. The molecule has 168 valence electrons. The molecular formula is C24H34N4O3. The third-order valence-electron chi connectivity index (χ3n) is 6.85. The van der Waals surface area contributed by atoms with Gasteiger partial charge < -0.3 is 19.3 Å². The van der Waals surface area contributed by atoms with E-state index >= 15 is 0 Å². The molecule has 7 nitrogen and oxygen atoms in total. The average molecular weight is 427 g/mol. The highest BCUT2D eigenvalue weighted by molar-refractivity contribution is 5.94. The number of carbonyl (C=O) groups excluding carboxylic acids is 1. The maximum Gasteiger partial charge on any atom is 0.274 e. The fraction of sp³-hybridized carbons (Fsp3) is 0.583. The molecule has 2 heterocycles. The smallest absolute Gasteiger partial charge is 0.274 e. The maximum absolute atomic E-state index is 13.0. The first-order valence-corrected chi connectivity index (χ1v) is 11.3. The first-order valence-electron chi connectivity index (χ1n) is 11.3. The molecule has 0 N–H and O–H groups in total. The lowest BCUT2D eigenvalue weighted by Gasteiger charge is -2.32. The predicted molar refractivity (Wildman–Crippen MR) is 120 cm³/mol. The number of aryl methyl sites for hydroxylation is 1. The van der Waals surface area contributed by atoms with Gasteiger partial charge in [-0.2, -0.15) is 5.10 Å². The van der Waals surface area contributed by atoms with E-state index in [1.54, 1.807) is 14.2 Å². The van der Waals surface area contributed by atoms with Gasteiger partial charge in [0.25, 0.3) is 5.91 Å². The minimum Gasteiger partial charge on any atom is -0.493 e. The molecule has 1 saturated heterocycles. The first kappa shape index (κ1) is 21.7. The van der Waals surface area contributed by atoms with Crippen LogP contribution < -0.4 is 9.47 Å². The summed E-state index contributed by atoms with van der Waals surface area (Å²) in [5, 5.41) is 4.64. The lowest BCUT2D eigenvalue weighted by atomic mass is 9.90. The maximum atomic E-state index is 13.0. The van der Waals surface area contributed by atoms with Gasteiger partial charge in [0.05, 0.1) is 14.2 Å². The third-order valence-corrected chi connectivity index (χ3v) is 6.85. The molecule has 1 aliphatic heterocycles. The zero-order valence-electron chi connectivity index (χ0n) is 19.2. The summed E-state index contributed by atoms with van der Waals surface area (Å²) in [7, 11) is 7.49. The van der Waals surface area contributed by atoms with Gasteiger partial charge in [0, 0.05) is 44.0 Å². The third kappa shape index (κ3) is 4.42. The second-order valence-corrected chi connectivity index (χ2v) is 8.71. The van der Waals surface area contributed by atoms with E-state index in [-0.39, 0.29) is 5.91 Å². The van der Waals surface area contributed by atoms with Gasteiger partial charge >= 0.3 is 0 Å². The van der Waals surface area contributed by atoms with Gasteiger partial charge in [0.2, 0.25) is 0 Å². The number of likely N-dealkylation sites (N-methyl/N-ethyl adjacent to an activating group) is 1. The lowest BCUT2D eigenvalue weighted by molar-refractivity contribution is 0.0784. The molecule has 1 amide bonds. The fourth-order valence-electron chi connectivity index (χ4n) is 4.91. The van der Waals surface area contributed by atoms with E-state index < -0.39 is 0 Å². The summed E-state index contributed by atoms with van der Waals surface area (Å²) in [4.78, 5) is 17.4. The van der Waals surface area contributed by atoms with E-state index in [9.17, 15) is 4.79 Å². The van der Waals surface area contributed by atoms with Crippen molar-refractivity contribution in [2.75, 3.05) is 40.9 Å². The highest BCUT2D eigenvalue weighted by Gasteiger charge is 2.32. The number of carbonyl (C=O) groups is 1. The van der Waals surface area contributed by atoms with Crippen molar-refractivity contribution in [3.63, 3.8) is 0 Å². The molecule has 0 saturated carbocycles. The largest absolute Gasteiger partial charge is 0.493 e. The summed E-state index contributed by atoms with van der Waals surface area (Å²) in [6.07, 6.45) is 6.08. The van der Waals surface area contributed by atoms with Crippen molar-refractivity contribution < 1.29 is 14.3 Å². The first-order chi connectivity index (χ1) is 15.0. The quantitative estimate of drug-likeness (QED) is 0.681. The second-order valence-electron chi connectivity index (χ2n) is 8.71. The number of hydrogen-bond donors (Lipinski definition) is 0. The van der Waals surface area contributed by atoms with Crippen LogP contribution in [0, 0.1) is 0 Å². The number of hydrogen-bond acceptors (Lipinski definition) is 5. The average Bonchev–Trinajstić information content (AvgIpc) is 3.45. The highest BCUT2D eigenvalue weighted by atomic mass is 16.5. The van der Waals surface area contributed by atoms with Gasteiger partial charge in [0.15, 0.2) is 17.2 Å². The van der Waals surface area contributed by atoms with Crippen molar-refractivity contribution in [3.8, 4) is 11.5 Å². The van der Waals surface area contributed by atoms with Gasteiger partial charge in [-0.15, -0.1) is 0 Å². The number of fused-ring (bicyclic) bond motifs is 1. The van der Waals surface area contributed by atoms with Crippen LogP contribution in [0.5, 0.6) is 11.5 Å². The van der Waals surface area contributed by atoms with E-state index in [2.05, 4.69) is 29.2 Å². The van der Waals surface area contributed by atoms with Crippen LogP contribution in [0.2, 0.25) is 0 Å². The molecule has 4 rings (SSSR count). The van der Waals surface area contributed by atoms with Crippen LogP contribution >= 0.6 is 0 Å². The fourth-order valence-corrected chi connectivity index (χ4v) is 4.91. The molecule has 7 heteroatoms. The molecule has 31 heavy (non-hydrogen) atoms. The van der Waals surface area contributed by atoms with Crippen LogP contribution in [0.3, 0.4) is 0 Å². The standard InChI is InChI=1S/C24H34N4O3/c1-26(14-11-17-7-10-21(30-3)22(15-17)31-4)18-8-9-20-19(16-18)23(25-27(20)2)24(29)28-12-5-6-13-28/h7,10,15,18H,5-6,8-9,11-14,16H2,1-4H3.